The van der Waals surface area contributed by atoms with Gasteiger partial charge >= 0.3 is 0 Å². The molecule has 1 aromatic rings. The minimum Gasteiger partial charge on any atom is -0.384 e. The molecule has 0 aromatic heterocycles. The van der Waals surface area contributed by atoms with E-state index in [1.165, 1.54) is 16.8 Å². The Bertz CT molecular complexity index is 484. The number of piperazine rings is 1. The lowest BCUT2D eigenvalue weighted by Crippen LogP contribution is -2.47. The molecule has 1 N–H and O–H groups in total. The summed E-state index contributed by atoms with van der Waals surface area (Å²) >= 11 is 0. The Morgan fingerprint density at radius 1 is 1.25 bits per heavy atom. The normalized spacial score (nSPS) is 18.1. The van der Waals surface area contributed by atoms with E-state index in [-0.39, 0.29) is 18.3 Å². The number of para-hydroxylation sites is 1. The van der Waals surface area contributed by atoms with Crippen molar-refractivity contribution < 1.29 is 4.79 Å². The van der Waals surface area contributed by atoms with E-state index in [4.69, 9.17) is 0 Å². The number of hydrogen-bond acceptors (Lipinski definition) is 3. The standard InChI is InChI=1S/C15H21N3O.ClH/c1-12(19)18-9-7-17(8-10-18)11-14-4-2-3-13-5-6-16-15(13)14;/h2-4,16H,5-11H2,1H3;1H. The Hall–Kier alpha value is -1.26. The highest BCUT2D eigenvalue weighted by Gasteiger charge is 2.20. The number of halogens is 1. The maximum atomic E-state index is 11.3. The Kier molecular flexibility index (Phi) is 4.89. The van der Waals surface area contributed by atoms with Crippen LogP contribution in [-0.4, -0.2) is 48.4 Å². The highest BCUT2D eigenvalue weighted by Crippen LogP contribution is 2.27. The molecule has 20 heavy (non-hydrogen) atoms. The number of fused-ring (bicyclic) bond motifs is 1. The minimum absolute atomic E-state index is 0. The highest BCUT2D eigenvalue weighted by molar-refractivity contribution is 5.85. The molecule has 3 rings (SSSR count). The monoisotopic (exact) mass is 295 g/mol. The van der Waals surface area contributed by atoms with Crippen LogP contribution in [0.3, 0.4) is 0 Å². The first-order valence-electron chi connectivity index (χ1n) is 7.06. The molecule has 0 radical (unpaired) electrons. The molecule has 0 unspecified atom stereocenters. The van der Waals surface area contributed by atoms with E-state index in [1.807, 2.05) is 4.90 Å². The van der Waals surface area contributed by atoms with E-state index in [1.54, 1.807) is 6.92 Å². The third-order valence-corrected chi connectivity index (χ3v) is 4.14. The van der Waals surface area contributed by atoms with Crippen LogP contribution in [0.15, 0.2) is 18.2 Å². The first-order valence-corrected chi connectivity index (χ1v) is 7.06. The molecule has 1 saturated heterocycles. The van der Waals surface area contributed by atoms with Gasteiger partial charge in [-0.15, -0.1) is 12.4 Å². The van der Waals surface area contributed by atoms with Crippen LogP contribution in [0.2, 0.25) is 0 Å². The number of nitrogens with one attached hydrogen (secondary N) is 1. The van der Waals surface area contributed by atoms with Crippen LogP contribution in [0.5, 0.6) is 0 Å². The Balaban J connectivity index is 0.00000147. The molecule has 1 aromatic carbocycles. The first-order chi connectivity index (χ1) is 9.24. The van der Waals surface area contributed by atoms with Crippen molar-refractivity contribution in [1.29, 1.82) is 0 Å². The van der Waals surface area contributed by atoms with Gasteiger partial charge < -0.3 is 10.2 Å². The third kappa shape index (κ3) is 3.07. The van der Waals surface area contributed by atoms with Gasteiger partial charge in [-0.25, -0.2) is 0 Å². The lowest BCUT2D eigenvalue weighted by atomic mass is 10.1. The fourth-order valence-corrected chi connectivity index (χ4v) is 3.00. The smallest absolute Gasteiger partial charge is 0.219 e. The molecule has 0 bridgehead atoms. The Morgan fingerprint density at radius 2 is 2.00 bits per heavy atom. The molecule has 1 fully saturated rings. The van der Waals surface area contributed by atoms with Crippen molar-refractivity contribution in [3.8, 4) is 0 Å². The van der Waals surface area contributed by atoms with Gasteiger partial charge in [0, 0.05) is 51.9 Å². The summed E-state index contributed by atoms with van der Waals surface area (Å²) in [5, 5.41) is 3.49. The molecule has 1 amide bonds. The second kappa shape index (κ2) is 6.46. The van der Waals surface area contributed by atoms with Crippen molar-refractivity contribution in [1.82, 2.24) is 9.80 Å². The maximum Gasteiger partial charge on any atom is 0.219 e. The van der Waals surface area contributed by atoms with Crippen LogP contribution in [0.1, 0.15) is 18.1 Å². The molecule has 0 spiro atoms. The summed E-state index contributed by atoms with van der Waals surface area (Å²) in [7, 11) is 0. The average molecular weight is 296 g/mol. The fourth-order valence-electron chi connectivity index (χ4n) is 3.00. The quantitative estimate of drug-likeness (QED) is 0.903. The zero-order chi connectivity index (χ0) is 13.2. The molecule has 0 aliphatic carbocycles. The van der Waals surface area contributed by atoms with Gasteiger partial charge in [-0.2, -0.15) is 0 Å². The van der Waals surface area contributed by atoms with Gasteiger partial charge in [0.15, 0.2) is 0 Å². The number of amides is 1. The van der Waals surface area contributed by atoms with E-state index < -0.39 is 0 Å². The van der Waals surface area contributed by atoms with Crippen molar-refractivity contribution in [2.45, 2.75) is 19.9 Å². The summed E-state index contributed by atoms with van der Waals surface area (Å²) in [6, 6.07) is 6.59. The number of carbonyl (C=O) groups excluding carboxylic acids is 1. The predicted octanol–water partition coefficient (Wildman–Crippen LogP) is 1.74. The molecular formula is C15H22ClN3O. The van der Waals surface area contributed by atoms with Crippen LogP contribution in [0.4, 0.5) is 5.69 Å². The zero-order valence-electron chi connectivity index (χ0n) is 11.9. The number of nitrogens with zero attached hydrogens (tertiary/aromatic N) is 2. The molecule has 0 saturated carbocycles. The summed E-state index contributed by atoms with van der Waals surface area (Å²) in [5.74, 6) is 0.196. The number of benzene rings is 1. The zero-order valence-corrected chi connectivity index (χ0v) is 12.7. The van der Waals surface area contributed by atoms with Gasteiger partial charge in [-0.1, -0.05) is 18.2 Å². The lowest BCUT2D eigenvalue weighted by Gasteiger charge is -2.34. The summed E-state index contributed by atoms with van der Waals surface area (Å²) in [6.07, 6.45) is 1.14. The maximum absolute atomic E-state index is 11.3. The largest absolute Gasteiger partial charge is 0.384 e. The van der Waals surface area contributed by atoms with Crippen molar-refractivity contribution in [3.63, 3.8) is 0 Å². The average Bonchev–Trinajstić information content (AvgIpc) is 2.89. The lowest BCUT2D eigenvalue weighted by molar-refractivity contribution is -0.130. The second-order valence-corrected chi connectivity index (χ2v) is 5.41. The predicted molar refractivity (Wildman–Crippen MR) is 83.4 cm³/mol. The minimum atomic E-state index is 0. The van der Waals surface area contributed by atoms with Crippen molar-refractivity contribution in [2.75, 3.05) is 38.0 Å². The van der Waals surface area contributed by atoms with Crippen molar-refractivity contribution in [3.05, 3.63) is 29.3 Å². The number of carbonyl (C=O) groups is 1. The summed E-state index contributed by atoms with van der Waals surface area (Å²) in [6.45, 7) is 7.37. The van der Waals surface area contributed by atoms with E-state index in [9.17, 15) is 4.79 Å². The Morgan fingerprint density at radius 3 is 2.70 bits per heavy atom. The summed E-state index contributed by atoms with van der Waals surface area (Å²) in [5.41, 5.74) is 4.18. The van der Waals surface area contributed by atoms with Crippen LogP contribution >= 0.6 is 12.4 Å². The van der Waals surface area contributed by atoms with E-state index in [0.717, 1.165) is 45.7 Å². The second-order valence-electron chi connectivity index (χ2n) is 5.41. The van der Waals surface area contributed by atoms with E-state index in [2.05, 4.69) is 28.4 Å². The number of hydrogen-bond donors (Lipinski definition) is 1. The van der Waals surface area contributed by atoms with E-state index >= 15 is 0 Å². The number of rotatable bonds is 2. The SMILES string of the molecule is CC(=O)N1CCN(Cc2cccc3c2NCC3)CC1.Cl. The molecule has 0 atom stereocenters. The number of anilines is 1. The Labute approximate surface area is 126 Å². The highest BCUT2D eigenvalue weighted by atomic mass is 35.5. The molecule has 2 aliphatic rings. The van der Waals surface area contributed by atoms with Gasteiger partial charge in [0.05, 0.1) is 0 Å². The first kappa shape index (κ1) is 15.1. The molecule has 4 nitrogen and oxygen atoms in total. The summed E-state index contributed by atoms with van der Waals surface area (Å²) < 4.78 is 0. The topological polar surface area (TPSA) is 35.6 Å². The van der Waals surface area contributed by atoms with Gasteiger partial charge in [-0.3, -0.25) is 9.69 Å². The fraction of sp³-hybridized carbons (Fsp3) is 0.533. The molecule has 2 heterocycles. The van der Waals surface area contributed by atoms with Crippen LogP contribution < -0.4 is 5.32 Å². The van der Waals surface area contributed by atoms with Crippen LogP contribution in [-0.2, 0) is 17.8 Å². The van der Waals surface area contributed by atoms with E-state index in [0.29, 0.717) is 0 Å². The third-order valence-electron chi connectivity index (χ3n) is 4.14. The molecular weight excluding hydrogens is 274 g/mol. The molecule has 110 valence electrons. The van der Waals surface area contributed by atoms with Gasteiger partial charge in [0.2, 0.25) is 5.91 Å². The van der Waals surface area contributed by atoms with Gasteiger partial charge in [0.25, 0.3) is 0 Å². The summed E-state index contributed by atoms with van der Waals surface area (Å²) in [4.78, 5) is 15.7. The van der Waals surface area contributed by atoms with Crippen LogP contribution in [0.25, 0.3) is 0 Å². The van der Waals surface area contributed by atoms with Gasteiger partial charge in [-0.05, 0) is 17.5 Å². The molecule has 2 aliphatic heterocycles. The van der Waals surface area contributed by atoms with Crippen molar-refractivity contribution in [2.24, 2.45) is 0 Å². The van der Waals surface area contributed by atoms with Crippen LogP contribution in [0, 0.1) is 0 Å². The van der Waals surface area contributed by atoms with Gasteiger partial charge in [0.1, 0.15) is 0 Å². The molecule has 5 heteroatoms. The van der Waals surface area contributed by atoms with Crippen molar-refractivity contribution >= 4 is 24.0 Å².